The second-order valence-corrected chi connectivity index (χ2v) is 5.40. The van der Waals surface area contributed by atoms with Gasteiger partial charge in [0.1, 0.15) is 5.75 Å². The summed E-state index contributed by atoms with van der Waals surface area (Å²) >= 11 is 0. The van der Waals surface area contributed by atoms with Gasteiger partial charge in [0.15, 0.2) is 5.75 Å². The second-order valence-electron chi connectivity index (χ2n) is 5.40. The molecule has 0 spiro atoms. The average Bonchev–Trinajstić information content (AvgIpc) is 2.74. The molecule has 0 amide bonds. The molecule has 0 unspecified atom stereocenters. The molecule has 0 aliphatic carbocycles. The fourth-order valence-corrected chi connectivity index (χ4v) is 2.62. The van der Waals surface area contributed by atoms with Gasteiger partial charge in [0.2, 0.25) is 0 Å². The number of benzene rings is 1. The molecule has 3 rings (SSSR count). The van der Waals surface area contributed by atoms with Gasteiger partial charge in [-0.3, -0.25) is 4.98 Å². The van der Waals surface area contributed by atoms with E-state index in [0.717, 1.165) is 43.4 Å². The Morgan fingerprint density at radius 3 is 2.71 bits per heavy atom. The van der Waals surface area contributed by atoms with Gasteiger partial charge in [-0.2, -0.15) is 0 Å². The first-order valence-electron chi connectivity index (χ1n) is 7.43. The van der Waals surface area contributed by atoms with E-state index in [1.54, 1.807) is 6.20 Å². The number of pyridine rings is 1. The van der Waals surface area contributed by atoms with E-state index in [9.17, 15) is 0 Å². The summed E-state index contributed by atoms with van der Waals surface area (Å²) in [5.41, 5.74) is 1.13. The van der Waals surface area contributed by atoms with E-state index in [1.165, 1.54) is 6.42 Å². The van der Waals surface area contributed by atoms with Crippen molar-refractivity contribution in [2.75, 3.05) is 38.1 Å². The zero-order valence-corrected chi connectivity index (χ0v) is 12.4. The maximum Gasteiger partial charge on any atom is 0.168 e. The first-order chi connectivity index (χ1) is 10.3. The topological polar surface area (TPSA) is 28.6 Å². The molecule has 1 aliphatic heterocycles. The van der Waals surface area contributed by atoms with E-state index in [4.69, 9.17) is 4.74 Å². The Morgan fingerprint density at radius 1 is 1.00 bits per heavy atom. The normalized spacial score (nSPS) is 16.5. The quantitative estimate of drug-likeness (QED) is 0.866. The van der Waals surface area contributed by atoms with Crippen LogP contribution in [0.3, 0.4) is 0 Å². The van der Waals surface area contributed by atoms with Gasteiger partial charge in [-0.1, -0.05) is 18.2 Å². The fraction of sp³-hybridized carbons (Fsp3) is 0.353. The maximum absolute atomic E-state index is 6.01. The van der Waals surface area contributed by atoms with Crippen LogP contribution in [0.25, 0.3) is 0 Å². The minimum Gasteiger partial charge on any atom is -0.454 e. The SMILES string of the molecule is CN1CCCN(c2ccncc2Oc2ccccc2)CC1. The molecule has 2 aromatic rings. The number of rotatable bonds is 3. The maximum atomic E-state index is 6.01. The van der Waals surface area contributed by atoms with Gasteiger partial charge in [0, 0.05) is 25.8 Å². The average molecular weight is 283 g/mol. The number of hydrogen-bond donors (Lipinski definition) is 0. The van der Waals surface area contributed by atoms with E-state index in [-0.39, 0.29) is 0 Å². The molecule has 4 nitrogen and oxygen atoms in total. The lowest BCUT2D eigenvalue weighted by atomic mass is 10.3. The number of anilines is 1. The molecule has 1 aliphatic rings. The van der Waals surface area contributed by atoms with Crippen molar-refractivity contribution >= 4 is 5.69 Å². The molecule has 1 saturated heterocycles. The van der Waals surface area contributed by atoms with Crippen LogP contribution < -0.4 is 9.64 Å². The molecular weight excluding hydrogens is 262 g/mol. The molecule has 0 N–H and O–H groups in total. The highest BCUT2D eigenvalue weighted by Crippen LogP contribution is 2.31. The minimum atomic E-state index is 0.827. The highest BCUT2D eigenvalue weighted by molar-refractivity contribution is 5.58. The Kier molecular flexibility index (Phi) is 4.36. The Hall–Kier alpha value is -2.07. The number of aromatic nitrogens is 1. The number of ether oxygens (including phenoxy) is 1. The highest BCUT2D eigenvalue weighted by atomic mass is 16.5. The zero-order valence-electron chi connectivity index (χ0n) is 12.4. The van der Waals surface area contributed by atoms with Crippen molar-refractivity contribution in [1.29, 1.82) is 0 Å². The molecular formula is C17H21N3O. The highest BCUT2D eigenvalue weighted by Gasteiger charge is 2.16. The molecule has 110 valence electrons. The van der Waals surface area contributed by atoms with E-state index < -0.39 is 0 Å². The Bertz CT molecular complexity index is 573. The van der Waals surface area contributed by atoms with Crippen molar-refractivity contribution in [3.63, 3.8) is 0 Å². The molecule has 21 heavy (non-hydrogen) atoms. The first-order valence-corrected chi connectivity index (χ1v) is 7.43. The molecule has 4 heteroatoms. The van der Waals surface area contributed by atoms with Gasteiger partial charge in [-0.05, 0) is 38.2 Å². The van der Waals surface area contributed by atoms with Crippen LogP contribution in [0.2, 0.25) is 0 Å². The van der Waals surface area contributed by atoms with Crippen molar-refractivity contribution in [2.24, 2.45) is 0 Å². The summed E-state index contributed by atoms with van der Waals surface area (Å²) in [5, 5.41) is 0. The smallest absolute Gasteiger partial charge is 0.168 e. The third kappa shape index (κ3) is 3.52. The predicted octanol–water partition coefficient (Wildman–Crippen LogP) is 3.02. The van der Waals surface area contributed by atoms with E-state index in [1.807, 2.05) is 42.6 Å². The van der Waals surface area contributed by atoms with Gasteiger partial charge in [0.05, 0.1) is 11.9 Å². The summed E-state index contributed by atoms with van der Waals surface area (Å²) in [6.07, 6.45) is 4.81. The van der Waals surface area contributed by atoms with Crippen LogP contribution in [-0.2, 0) is 0 Å². The molecule has 2 heterocycles. The van der Waals surface area contributed by atoms with Crippen LogP contribution in [0, 0.1) is 0 Å². The largest absolute Gasteiger partial charge is 0.454 e. The van der Waals surface area contributed by atoms with Gasteiger partial charge in [-0.15, -0.1) is 0 Å². The van der Waals surface area contributed by atoms with Crippen LogP contribution >= 0.6 is 0 Å². The monoisotopic (exact) mass is 283 g/mol. The third-order valence-electron chi connectivity index (χ3n) is 3.79. The lowest BCUT2D eigenvalue weighted by Gasteiger charge is -2.24. The van der Waals surface area contributed by atoms with Crippen molar-refractivity contribution in [1.82, 2.24) is 9.88 Å². The van der Waals surface area contributed by atoms with Crippen LogP contribution in [-0.4, -0.2) is 43.1 Å². The van der Waals surface area contributed by atoms with E-state index >= 15 is 0 Å². The van der Waals surface area contributed by atoms with Crippen molar-refractivity contribution in [3.8, 4) is 11.5 Å². The van der Waals surface area contributed by atoms with Crippen molar-refractivity contribution in [2.45, 2.75) is 6.42 Å². The Balaban J connectivity index is 1.82. The molecule has 0 bridgehead atoms. The van der Waals surface area contributed by atoms with Gasteiger partial charge < -0.3 is 14.5 Å². The molecule has 1 aromatic heterocycles. The predicted molar refractivity (Wildman–Crippen MR) is 85.1 cm³/mol. The van der Waals surface area contributed by atoms with Gasteiger partial charge in [-0.25, -0.2) is 0 Å². The van der Waals surface area contributed by atoms with Crippen LogP contribution in [0.4, 0.5) is 5.69 Å². The number of likely N-dealkylation sites (N-methyl/N-ethyl adjacent to an activating group) is 1. The summed E-state index contributed by atoms with van der Waals surface area (Å²) < 4.78 is 6.01. The molecule has 1 fully saturated rings. The summed E-state index contributed by atoms with van der Waals surface area (Å²) in [6.45, 7) is 4.30. The first kappa shape index (κ1) is 13.9. The lowest BCUT2D eigenvalue weighted by Crippen LogP contribution is -2.29. The minimum absolute atomic E-state index is 0.827. The third-order valence-corrected chi connectivity index (χ3v) is 3.79. The second kappa shape index (κ2) is 6.59. The van der Waals surface area contributed by atoms with Crippen LogP contribution in [0.15, 0.2) is 48.8 Å². The van der Waals surface area contributed by atoms with Gasteiger partial charge in [0.25, 0.3) is 0 Å². The van der Waals surface area contributed by atoms with Crippen molar-refractivity contribution < 1.29 is 4.74 Å². The Labute approximate surface area is 126 Å². The lowest BCUT2D eigenvalue weighted by molar-refractivity contribution is 0.360. The zero-order chi connectivity index (χ0) is 14.5. The fourth-order valence-electron chi connectivity index (χ4n) is 2.62. The summed E-state index contributed by atoms with van der Waals surface area (Å²) in [6, 6.07) is 11.9. The van der Waals surface area contributed by atoms with E-state index in [2.05, 4.69) is 21.8 Å². The standard InChI is InChI=1S/C17H21N3O/c1-19-10-5-11-20(13-12-19)16-8-9-18-14-17(16)21-15-6-3-2-4-7-15/h2-4,6-9,14H,5,10-13H2,1H3. The number of hydrogen-bond acceptors (Lipinski definition) is 4. The number of nitrogens with zero attached hydrogens (tertiary/aromatic N) is 3. The van der Waals surface area contributed by atoms with Crippen LogP contribution in [0.1, 0.15) is 6.42 Å². The molecule has 1 aromatic carbocycles. The Morgan fingerprint density at radius 2 is 1.86 bits per heavy atom. The molecule has 0 atom stereocenters. The summed E-state index contributed by atoms with van der Waals surface area (Å²) in [4.78, 5) is 8.98. The summed E-state index contributed by atoms with van der Waals surface area (Å²) in [7, 11) is 2.18. The molecule has 0 saturated carbocycles. The van der Waals surface area contributed by atoms with Crippen molar-refractivity contribution in [3.05, 3.63) is 48.8 Å². The van der Waals surface area contributed by atoms with Crippen LogP contribution in [0.5, 0.6) is 11.5 Å². The summed E-state index contributed by atoms with van der Waals surface area (Å²) in [5.74, 6) is 1.67. The van der Waals surface area contributed by atoms with E-state index in [0.29, 0.717) is 0 Å². The molecule has 0 radical (unpaired) electrons. The van der Waals surface area contributed by atoms with Gasteiger partial charge >= 0.3 is 0 Å². The number of para-hydroxylation sites is 1.